The summed E-state index contributed by atoms with van der Waals surface area (Å²) < 4.78 is 49.1. The first kappa shape index (κ1) is 24.4. The van der Waals surface area contributed by atoms with E-state index in [1.807, 2.05) is 0 Å². The molecule has 1 atom stereocenters. The number of rotatable bonds is 2. The zero-order chi connectivity index (χ0) is 24.5. The number of hydrogen-bond acceptors (Lipinski definition) is 5. The predicted molar refractivity (Wildman–Crippen MR) is 107 cm³/mol. The van der Waals surface area contributed by atoms with Gasteiger partial charge in [0.25, 0.3) is 0 Å². The maximum atomic E-state index is 14.8. The summed E-state index contributed by atoms with van der Waals surface area (Å²) >= 11 is 0. The Balaban J connectivity index is 0.000000383. The Morgan fingerprint density at radius 2 is 1.70 bits per heavy atom. The number of imide groups is 1. The number of carboxylic acids is 1. The smallest absolute Gasteiger partial charge is 0.475 e. The highest BCUT2D eigenvalue weighted by Gasteiger charge is 2.38. The van der Waals surface area contributed by atoms with Crippen LogP contribution in [0.2, 0.25) is 0 Å². The molecule has 1 aromatic heterocycles. The topological polar surface area (TPSA) is 122 Å². The van der Waals surface area contributed by atoms with Gasteiger partial charge in [-0.05, 0) is 49.9 Å². The number of imidazole rings is 1. The number of carbonyl (C=O) groups excluding carboxylic acids is 2. The van der Waals surface area contributed by atoms with Gasteiger partial charge in [0.05, 0.1) is 5.52 Å². The fourth-order valence-corrected chi connectivity index (χ4v) is 4.19. The van der Waals surface area contributed by atoms with Crippen molar-refractivity contribution in [1.82, 2.24) is 19.8 Å². The van der Waals surface area contributed by atoms with E-state index in [4.69, 9.17) is 9.90 Å². The van der Waals surface area contributed by atoms with Crippen LogP contribution in [0.15, 0.2) is 16.9 Å². The lowest BCUT2D eigenvalue weighted by Crippen LogP contribution is -2.44. The van der Waals surface area contributed by atoms with E-state index in [0.29, 0.717) is 5.52 Å². The second-order valence-corrected chi connectivity index (χ2v) is 7.84. The van der Waals surface area contributed by atoms with Crippen LogP contribution in [0.1, 0.15) is 43.2 Å². The van der Waals surface area contributed by atoms with Crippen LogP contribution in [0.4, 0.5) is 17.6 Å². The quantitative estimate of drug-likeness (QED) is 0.449. The highest BCUT2D eigenvalue weighted by molar-refractivity contribution is 6.00. The Morgan fingerprint density at radius 1 is 1.09 bits per heavy atom. The Bertz CT molecular complexity index is 1150. The highest BCUT2D eigenvalue weighted by atomic mass is 19.4. The molecule has 180 valence electrons. The summed E-state index contributed by atoms with van der Waals surface area (Å²) in [7, 11) is 1.61. The number of halogens is 4. The summed E-state index contributed by atoms with van der Waals surface area (Å²) in [5.74, 6) is -3.96. The van der Waals surface area contributed by atoms with Crippen molar-refractivity contribution in [3.63, 3.8) is 0 Å². The molecule has 0 aliphatic carbocycles. The molecule has 0 saturated carbocycles. The minimum absolute atomic E-state index is 0.134. The van der Waals surface area contributed by atoms with E-state index in [9.17, 15) is 31.9 Å². The first-order chi connectivity index (χ1) is 15.4. The van der Waals surface area contributed by atoms with Crippen molar-refractivity contribution in [3.8, 4) is 0 Å². The minimum atomic E-state index is -5.08. The summed E-state index contributed by atoms with van der Waals surface area (Å²) in [4.78, 5) is 45.5. The Hall–Kier alpha value is -3.22. The van der Waals surface area contributed by atoms with Gasteiger partial charge in [-0.2, -0.15) is 13.2 Å². The molecule has 13 heteroatoms. The molecule has 2 saturated heterocycles. The van der Waals surface area contributed by atoms with Crippen molar-refractivity contribution >= 4 is 28.8 Å². The van der Waals surface area contributed by atoms with E-state index in [1.54, 1.807) is 13.1 Å². The summed E-state index contributed by atoms with van der Waals surface area (Å²) in [6.45, 7) is 1.76. The second-order valence-electron chi connectivity index (χ2n) is 7.84. The molecule has 2 fully saturated rings. The molecule has 0 spiro atoms. The number of carboxylic acid groups (broad SMARTS) is 1. The van der Waals surface area contributed by atoms with Crippen molar-refractivity contribution in [2.24, 2.45) is 7.05 Å². The molecule has 2 amide bonds. The van der Waals surface area contributed by atoms with Gasteiger partial charge in [-0.15, -0.1) is 0 Å². The number of hydrogen-bond donors (Lipinski definition) is 3. The van der Waals surface area contributed by atoms with E-state index < -0.39 is 35.6 Å². The van der Waals surface area contributed by atoms with Crippen molar-refractivity contribution in [3.05, 3.63) is 34.0 Å². The van der Waals surface area contributed by atoms with E-state index in [2.05, 4.69) is 10.6 Å². The standard InChI is InChI=1S/C18H21FN4O3.C2HF3O2/c1-22-15-11(10-6-8-20-9-7-10)2-3-12(19)16(15)23(18(22)26)13-4-5-14(24)21-17(13)25;3-2(4,5)1(6)7/h2-3,10,13,20H,4-9H2,1H3,(H,21,24,25);(H,6,7). The zero-order valence-corrected chi connectivity index (χ0v) is 17.5. The predicted octanol–water partition coefficient (Wildman–Crippen LogP) is 1.56. The molecule has 2 aromatic rings. The van der Waals surface area contributed by atoms with E-state index in [-0.39, 0.29) is 30.2 Å². The molecule has 0 radical (unpaired) electrons. The maximum absolute atomic E-state index is 14.8. The third-order valence-corrected chi connectivity index (χ3v) is 5.75. The number of nitrogens with one attached hydrogen (secondary N) is 2. The Kier molecular flexibility index (Phi) is 6.91. The fraction of sp³-hybridized carbons (Fsp3) is 0.500. The van der Waals surface area contributed by atoms with Gasteiger partial charge in [0.15, 0.2) is 0 Å². The molecule has 3 heterocycles. The van der Waals surface area contributed by atoms with Crippen LogP contribution in [-0.4, -0.2) is 51.3 Å². The summed E-state index contributed by atoms with van der Waals surface area (Å²) in [5.41, 5.74) is 1.21. The summed E-state index contributed by atoms with van der Waals surface area (Å²) in [6.07, 6.45) is -2.92. The molecule has 1 unspecified atom stereocenters. The Morgan fingerprint density at radius 3 is 2.24 bits per heavy atom. The van der Waals surface area contributed by atoms with Crippen LogP contribution in [0.25, 0.3) is 11.0 Å². The van der Waals surface area contributed by atoms with Crippen LogP contribution in [0, 0.1) is 5.82 Å². The number of aryl methyl sites for hydroxylation is 1. The molecule has 1 aromatic carbocycles. The number of nitrogens with zero attached hydrogens (tertiary/aromatic N) is 2. The molecule has 3 N–H and O–H groups in total. The lowest BCUT2D eigenvalue weighted by Gasteiger charge is -2.24. The molecular formula is C20H22F4N4O5. The number of aromatic nitrogens is 2. The van der Waals surface area contributed by atoms with Crippen molar-refractivity contribution < 1.29 is 37.1 Å². The molecule has 2 aliphatic heterocycles. The third-order valence-electron chi connectivity index (χ3n) is 5.75. The van der Waals surface area contributed by atoms with Gasteiger partial charge in [-0.1, -0.05) is 6.07 Å². The SMILES string of the molecule is Cn1c(=O)n(C2CCC(=O)NC2=O)c2c(F)ccc(C3CCNCC3)c21.O=C(O)C(F)(F)F. The van der Waals surface area contributed by atoms with Gasteiger partial charge in [0, 0.05) is 13.5 Å². The number of piperidine rings is 2. The van der Waals surface area contributed by atoms with Gasteiger partial charge >= 0.3 is 17.8 Å². The van der Waals surface area contributed by atoms with Crippen LogP contribution in [0.5, 0.6) is 0 Å². The summed E-state index contributed by atoms with van der Waals surface area (Å²) in [6, 6.07) is 2.25. The average Bonchev–Trinajstić information content (AvgIpc) is 3.01. The van der Waals surface area contributed by atoms with Gasteiger partial charge in [-0.3, -0.25) is 24.0 Å². The molecule has 4 rings (SSSR count). The lowest BCUT2D eigenvalue weighted by atomic mass is 9.89. The van der Waals surface area contributed by atoms with Gasteiger partial charge in [-0.25, -0.2) is 14.0 Å². The number of aliphatic carboxylic acids is 1. The highest BCUT2D eigenvalue weighted by Crippen LogP contribution is 2.34. The van der Waals surface area contributed by atoms with Crippen LogP contribution >= 0.6 is 0 Å². The van der Waals surface area contributed by atoms with Crippen LogP contribution in [0.3, 0.4) is 0 Å². The molecular weight excluding hydrogens is 452 g/mol. The normalized spacial score (nSPS) is 19.7. The Labute approximate surface area is 184 Å². The average molecular weight is 474 g/mol. The minimum Gasteiger partial charge on any atom is -0.475 e. The van der Waals surface area contributed by atoms with Crippen molar-refractivity contribution in [1.29, 1.82) is 0 Å². The number of carbonyl (C=O) groups is 3. The number of alkyl halides is 3. The monoisotopic (exact) mass is 474 g/mol. The van der Waals surface area contributed by atoms with E-state index >= 15 is 0 Å². The maximum Gasteiger partial charge on any atom is 0.490 e. The third kappa shape index (κ3) is 4.92. The first-order valence-electron chi connectivity index (χ1n) is 10.2. The first-order valence-corrected chi connectivity index (χ1v) is 10.2. The lowest BCUT2D eigenvalue weighted by molar-refractivity contribution is -0.192. The molecule has 0 bridgehead atoms. The van der Waals surface area contributed by atoms with Gasteiger partial charge in [0.1, 0.15) is 17.4 Å². The fourth-order valence-electron chi connectivity index (χ4n) is 4.19. The molecule has 33 heavy (non-hydrogen) atoms. The van der Waals surface area contributed by atoms with Gasteiger partial charge in [0.2, 0.25) is 11.8 Å². The van der Waals surface area contributed by atoms with E-state index in [0.717, 1.165) is 31.5 Å². The number of amides is 2. The largest absolute Gasteiger partial charge is 0.490 e. The van der Waals surface area contributed by atoms with Crippen molar-refractivity contribution in [2.75, 3.05) is 13.1 Å². The van der Waals surface area contributed by atoms with Crippen LogP contribution < -0.4 is 16.3 Å². The molecule has 9 nitrogen and oxygen atoms in total. The van der Waals surface area contributed by atoms with Crippen LogP contribution in [-0.2, 0) is 21.4 Å². The molecule has 2 aliphatic rings. The van der Waals surface area contributed by atoms with Gasteiger partial charge < -0.3 is 10.4 Å². The summed E-state index contributed by atoms with van der Waals surface area (Å²) in [5, 5.41) is 12.7. The number of benzene rings is 1. The number of fused-ring (bicyclic) bond motifs is 1. The second kappa shape index (κ2) is 9.33. The van der Waals surface area contributed by atoms with Crippen molar-refractivity contribution in [2.45, 2.75) is 43.8 Å². The zero-order valence-electron chi connectivity index (χ0n) is 17.5. The van der Waals surface area contributed by atoms with E-state index in [1.165, 1.54) is 15.2 Å².